The molecule has 0 saturated carbocycles. The van der Waals surface area contributed by atoms with Crippen LogP contribution >= 0.6 is 0 Å². The molecule has 99 valence electrons. The molecule has 1 atom stereocenters. The summed E-state index contributed by atoms with van der Waals surface area (Å²) >= 11 is 0. The van der Waals surface area contributed by atoms with Crippen LogP contribution in [0.5, 0.6) is 5.75 Å². The lowest BCUT2D eigenvalue weighted by Gasteiger charge is -2.11. The van der Waals surface area contributed by atoms with Gasteiger partial charge in [0.05, 0.1) is 13.0 Å². The van der Waals surface area contributed by atoms with Crippen LogP contribution in [-0.2, 0) is 16.1 Å². The minimum absolute atomic E-state index is 0.0509. The summed E-state index contributed by atoms with van der Waals surface area (Å²) in [6.45, 7) is 5.97. The van der Waals surface area contributed by atoms with E-state index >= 15 is 0 Å². The molecule has 3 heteroatoms. The van der Waals surface area contributed by atoms with Crippen molar-refractivity contribution in [2.45, 2.75) is 32.8 Å². The standard InChI is InChI=1S/C15H21O3/c1-4-5-6-12(2)15(16)18-11-13-7-9-14(17-3)10-8-13/h7-10,12H,1,4-6,11H2,2-3H3. The average molecular weight is 249 g/mol. The molecule has 0 bridgehead atoms. The number of benzene rings is 1. The van der Waals surface area contributed by atoms with Crippen LogP contribution in [-0.4, -0.2) is 13.1 Å². The maximum Gasteiger partial charge on any atom is 0.308 e. The zero-order chi connectivity index (χ0) is 13.4. The second-order valence-electron chi connectivity index (χ2n) is 4.35. The molecule has 18 heavy (non-hydrogen) atoms. The Morgan fingerprint density at radius 2 is 2.00 bits per heavy atom. The lowest BCUT2D eigenvalue weighted by Crippen LogP contribution is -2.14. The van der Waals surface area contributed by atoms with Crippen molar-refractivity contribution in [3.8, 4) is 5.75 Å². The van der Waals surface area contributed by atoms with Crippen molar-refractivity contribution >= 4 is 5.97 Å². The fourth-order valence-electron chi connectivity index (χ4n) is 1.59. The van der Waals surface area contributed by atoms with Crippen molar-refractivity contribution < 1.29 is 14.3 Å². The lowest BCUT2D eigenvalue weighted by molar-refractivity contribution is -0.149. The van der Waals surface area contributed by atoms with Gasteiger partial charge in [-0.1, -0.05) is 38.8 Å². The minimum atomic E-state index is -0.140. The highest BCUT2D eigenvalue weighted by Gasteiger charge is 2.13. The summed E-state index contributed by atoms with van der Waals surface area (Å²) in [7, 11) is 1.62. The summed E-state index contributed by atoms with van der Waals surface area (Å²) in [4.78, 5) is 11.7. The molecular formula is C15H21O3. The van der Waals surface area contributed by atoms with Gasteiger partial charge >= 0.3 is 5.97 Å². The summed E-state index contributed by atoms with van der Waals surface area (Å²) in [6.07, 6.45) is 2.65. The van der Waals surface area contributed by atoms with E-state index in [0.717, 1.165) is 30.6 Å². The highest BCUT2D eigenvalue weighted by atomic mass is 16.5. The Hall–Kier alpha value is -1.51. The van der Waals surface area contributed by atoms with Crippen molar-refractivity contribution in [3.63, 3.8) is 0 Å². The number of carbonyl (C=O) groups is 1. The van der Waals surface area contributed by atoms with Crippen molar-refractivity contribution in [2.24, 2.45) is 5.92 Å². The van der Waals surface area contributed by atoms with Gasteiger partial charge in [0.15, 0.2) is 0 Å². The minimum Gasteiger partial charge on any atom is -0.497 e. The van der Waals surface area contributed by atoms with Crippen LogP contribution in [0.25, 0.3) is 0 Å². The van der Waals surface area contributed by atoms with E-state index in [2.05, 4.69) is 6.92 Å². The third-order valence-electron chi connectivity index (χ3n) is 2.83. The van der Waals surface area contributed by atoms with E-state index in [9.17, 15) is 4.79 Å². The third-order valence-corrected chi connectivity index (χ3v) is 2.83. The molecule has 1 radical (unpaired) electrons. The van der Waals surface area contributed by atoms with Gasteiger partial charge in [-0.25, -0.2) is 0 Å². The van der Waals surface area contributed by atoms with Crippen LogP contribution in [0.4, 0.5) is 0 Å². The molecule has 3 nitrogen and oxygen atoms in total. The lowest BCUT2D eigenvalue weighted by atomic mass is 10.1. The molecular weight excluding hydrogens is 228 g/mol. The molecule has 0 fully saturated rings. The molecule has 1 unspecified atom stereocenters. The largest absolute Gasteiger partial charge is 0.497 e. The predicted octanol–water partition coefficient (Wildman–Crippen LogP) is 3.38. The Balaban J connectivity index is 2.37. The molecule has 1 aromatic carbocycles. The maximum absolute atomic E-state index is 11.7. The number of methoxy groups -OCH3 is 1. The van der Waals surface area contributed by atoms with Crippen molar-refractivity contribution in [2.75, 3.05) is 7.11 Å². The summed E-state index contributed by atoms with van der Waals surface area (Å²) in [6, 6.07) is 7.50. The highest BCUT2D eigenvalue weighted by Crippen LogP contribution is 2.14. The van der Waals surface area contributed by atoms with E-state index in [4.69, 9.17) is 9.47 Å². The first kappa shape index (κ1) is 14.6. The first-order chi connectivity index (χ1) is 8.67. The summed E-state index contributed by atoms with van der Waals surface area (Å²) in [5, 5.41) is 0. The second-order valence-corrected chi connectivity index (χ2v) is 4.35. The summed E-state index contributed by atoms with van der Waals surface area (Å²) in [5.74, 6) is 0.609. The summed E-state index contributed by atoms with van der Waals surface area (Å²) in [5.41, 5.74) is 0.966. The van der Waals surface area contributed by atoms with Crippen molar-refractivity contribution in [3.05, 3.63) is 36.8 Å². The average Bonchev–Trinajstić information content (AvgIpc) is 2.42. The second kappa shape index (κ2) is 7.75. The van der Waals surface area contributed by atoms with Gasteiger partial charge in [0, 0.05) is 0 Å². The fraction of sp³-hybridized carbons (Fsp3) is 0.467. The van der Waals surface area contributed by atoms with Gasteiger partial charge in [-0.2, -0.15) is 0 Å². The number of ether oxygens (including phenoxy) is 2. The first-order valence-corrected chi connectivity index (χ1v) is 6.26. The molecule has 0 heterocycles. The van der Waals surface area contributed by atoms with Crippen molar-refractivity contribution in [1.82, 2.24) is 0 Å². The number of esters is 1. The number of hydrogen-bond acceptors (Lipinski definition) is 3. The molecule has 0 spiro atoms. The van der Waals surface area contributed by atoms with Crippen LogP contribution in [0.2, 0.25) is 0 Å². The van der Waals surface area contributed by atoms with Gasteiger partial charge in [0.25, 0.3) is 0 Å². The monoisotopic (exact) mass is 249 g/mol. The van der Waals surface area contributed by atoms with Crippen LogP contribution in [0.15, 0.2) is 24.3 Å². The molecule has 0 N–H and O–H groups in total. The zero-order valence-corrected chi connectivity index (χ0v) is 11.1. The van der Waals surface area contributed by atoms with E-state index in [1.807, 2.05) is 31.2 Å². The normalized spacial score (nSPS) is 11.9. The van der Waals surface area contributed by atoms with Crippen LogP contribution in [0, 0.1) is 12.8 Å². The van der Waals surface area contributed by atoms with Gasteiger partial charge in [-0.15, -0.1) is 0 Å². The molecule has 0 aliphatic rings. The van der Waals surface area contributed by atoms with E-state index < -0.39 is 0 Å². The van der Waals surface area contributed by atoms with E-state index in [1.54, 1.807) is 7.11 Å². The van der Waals surface area contributed by atoms with E-state index in [1.165, 1.54) is 0 Å². The molecule has 0 aliphatic heterocycles. The number of carbonyl (C=O) groups excluding carboxylic acids is 1. The van der Waals surface area contributed by atoms with Gasteiger partial charge in [0.1, 0.15) is 12.4 Å². The number of unbranched alkanes of at least 4 members (excludes halogenated alkanes) is 1. The van der Waals surface area contributed by atoms with Gasteiger partial charge in [0.2, 0.25) is 0 Å². The molecule has 1 rings (SSSR count). The van der Waals surface area contributed by atoms with Gasteiger partial charge in [-0.05, 0) is 24.1 Å². The molecule has 0 aromatic heterocycles. The first-order valence-electron chi connectivity index (χ1n) is 6.26. The van der Waals surface area contributed by atoms with Crippen LogP contribution < -0.4 is 4.74 Å². The van der Waals surface area contributed by atoms with Gasteiger partial charge < -0.3 is 9.47 Å². The molecule has 0 saturated heterocycles. The quantitative estimate of drug-likeness (QED) is 0.695. The van der Waals surface area contributed by atoms with Crippen LogP contribution in [0.3, 0.4) is 0 Å². The Labute approximate surface area is 109 Å². The Morgan fingerprint density at radius 1 is 1.33 bits per heavy atom. The Morgan fingerprint density at radius 3 is 2.56 bits per heavy atom. The maximum atomic E-state index is 11.7. The zero-order valence-electron chi connectivity index (χ0n) is 11.1. The Bertz CT molecular complexity index is 357. The topological polar surface area (TPSA) is 35.5 Å². The predicted molar refractivity (Wildman–Crippen MR) is 71.2 cm³/mol. The summed E-state index contributed by atoms with van der Waals surface area (Å²) < 4.78 is 10.3. The highest BCUT2D eigenvalue weighted by molar-refractivity contribution is 5.71. The fourth-order valence-corrected chi connectivity index (χ4v) is 1.59. The molecule has 1 aromatic rings. The van der Waals surface area contributed by atoms with Crippen molar-refractivity contribution in [1.29, 1.82) is 0 Å². The smallest absolute Gasteiger partial charge is 0.308 e. The third kappa shape index (κ3) is 4.78. The van der Waals surface area contributed by atoms with E-state index in [0.29, 0.717) is 6.61 Å². The SMILES string of the molecule is [CH2]CCCC(C)C(=O)OCc1ccc(OC)cc1. The number of hydrogen-bond donors (Lipinski definition) is 0. The van der Waals surface area contributed by atoms with Gasteiger partial charge in [-0.3, -0.25) is 4.79 Å². The van der Waals surface area contributed by atoms with Crippen LogP contribution in [0.1, 0.15) is 31.7 Å². The molecule has 0 aliphatic carbocycles. The van der Waals surface area contributed by atoms with E-state index in [-0.39, 0.29) is 11.9 Å². The molecule has 0 amide bonds. The Kier molecular flexibility index (Phi) is 6.26. The number of rotatable bonds is 7.